The van der Waals surface area contributed by atoms with E-state index in [1.807, 2.05) is 55.0 Å². The predicted octanol–water partition coefficient (Wildman–Crippen LogP) is 4.85. The number of carbonyl (C=O) groups excluding carboxylic acids is 1. The molecule has 0 aliphatic rings. The van der Waals surface area contributed by atoms with Gasteiger partial charge in [0.05, 0.1) is 6.04 Å². The number of hydrogen-bond acceptors (Lipinski definition) is 4. The second-order valence-electron chi connectivity index (χ2n) is 5.05. The van der Waals surface area contributed by atoms with Crippen LogP contribution in [0.5, 0.6) is 0 Å². The first-order valence-electron chi connectivity index (χ1n) is 7.04. The Labute approximate surface area is 137 Å². The fourth-order valence-electron chi connectivity index (χ4n) is 2.44. The van der Waals surface area contributed by atoms with Crippen LogP contribution in [0.2, 0.25) is 0 Å². The summed E-state index contributed by atoms with van der Waals surface area (Å²) < 4.78 is 5.81. The lowest BCUT2D eigenvalue weighted by Gasteiger charge is -2.11. The molecule has 114 valence electrons. The van der Waals surface area contributed by atoms with Crippen LogP contribution in [-0.4, -0.2) is 12.2 Å². The minimum Gasteiger partial charge on any atom is -0.451 e. The molecule has 0 saturated heterocycles. The molecule has 1 aromatic carbocycles. The highest BCUT2D eigenvalue weighted by atomic mass is 32.2. The molecule has 0 saturated carbocycles. The molecule has 0 spiro atoms. The number of furan rings is 1. The lowest BCUT2D eigenvalue weighted by atomic mass is 10.1. The highest BCUT2D eigenvalue weighted by Gasteiger charge is 2.21. The Bertz CT molecular complexity index is 777. The van der Waals surface area contributed by atoms with Crippen LogP contribution in [0, 0.1) is 0 Å². The predicted molar refractivity (Wildman–Crippen MR) is 93.6 cm³/mol. The van der Waals surface area contributed by atoms with Gasteiger partial charge in [-0.1, -0.05) is 24.3 Å². The average Bonchev–Trinajstić information content (AvgIpc) is 3.16. The molecule has 3 nitrogen and oxygen atoms in total. The van der Waals surface area contributed by atoms with Crippen LogP contribution in [0.3, 0.4) is 0 Å². The summed E-state index contributed by atoms with van der Waals surface area (Å²) in [6.45, 7) is 1.99. The quantitative estimate of drug-likeness (QED) is 0.727. The minimum atomic E-state index is -0.152. The summed E-state index contributed by atoms with van der Waals surface area (Å²) in [6.07, 6.45) is 2.03. The Kier molecular flexibility index (Phi) is 4.55. The van der Waals surface area contributed by atoms with E-state index in [9.17, 15) is 4.79 Å². The second kappa shape index (κ2) is 6.58. The largest absolute Gasteiger partial charge is 0.451 e. The highest BCUT2D eigenvalue weighted by molar-refractivity contribution is 7.97. The molecule has 3 aromatic rings. The van der Waals surface area contributed by atoms with E-state index in [0.29, 0.717) is 5.76 Å². The smallest absolute Gasteiger partial charge is 0.287 e. The molecule has 0 bridgehead atoms. The van der Waals surface area contributed by atoms with Gasteiger partial charge < -0.3 is 9.73 Å². The zero-order valence-corrected chi connectivity index (χ0v) is 14.1. The van der Waals surface area contributed by atoms with E-state index in [2.05, 4.69) is 5.32 Å². The molecule has 0 fully saturated rings. The third kappa shape index (κ3) is 2.91. The molecular weight excluding hydrogens is 314 g/mol. The van der Waals surface area contributed by atoms with Crippen molar-refractivity contribution in [1.82, 2.24) is 5.32 Å². The molecule has 1 unspecified atom stereocenters. The number of thiophene rings is 1. The summed E-state index contributed by atoms with van der Waals surface area (Å²) in [5, 5.41) is 6.06. The van der Waals surface area contributed by atoms with Gasteiger partial charge in [0.25, 0.3) is 5.91 Å². The van der Waals surface area contributed by atoms with Gasteiger partial charge in [0.2, 0.25) is 0 Å². The van der Waals surface area contributed by atoms with Crippen LogP contribution in [0.1, 0.15) is 34.0 Å². The van der Waals surface area contributed by atoms with Crippen LogP contribution < -0.4 is 5.32 Å². The van der Waals surface area contributed by atoms with Crippen LogP contribution >= 0.6 is 23.1 Å². The van der Waals surface area contributed by atoms with E-state index < -0.39 is 0 Å². The monoisotopic (exact) mass is 331 g/mol. The molecule has 2 heterocycles. The van der Waals surface area contributed by atoms with Gasteiger partial charge in [0.15, 0.2) is 5.76 Å². The molecule has 3 rings (SSSR count). The Morgan fingerprint density at radius 1 is 1.32 bits per heavy atom. The Morgan fingerprint density at radius 3 is 2.86 bits per heavy atom. The zero-order valence-electron chi connectivity index (χ0n) is 12.5. The third-order valence-corrected chi connectivity index (χ3v) is 5.14. The van der Waals surface area contributed by atoms with Gasteiger partial charge in [-0.15, -0.1) is 11.3 Å². The van der Waals surface area contributed by atoms with Crippen molar-refractivity contribution in [2.45, 2.75) is 18.7 Å². The standard InChI is InChI=1S/C17H17NO2S2/c1-11(15-8-5-9-22-15)18-17(19)16-13(10-21-2)12-6-3-4-7-14(12)20-16/h3-9,11H,10H2,1-2H3,(H,18,19). The zero-order chi connectivity index (χ0) is 15.5. The number of benzene rings is 1. The molecule has 5 heteroatoms. The first-order valence-corrected chi connectivity index (χ1v) is 9.31. The number of hydrogen-bond donors (Lipinski definition) is 1. The Balaban J connectivity index is 1.91. The maximum Gasteiger partial charge on any atom is 0.287 e. The summed E-state index contributed by atoms with van der Waals surface area (Å²) in [7, 11) is 0. The summed E-state index contributed by atoms with van der Waals surface area (Å²) >= 11 is 3.32. The van der Waals surface area contributed by atoms with Crippen molar-refractivity contribution in [1.29, 1.82) is 0 Å². The van der Waals surface area contributed by atoms with Crippen LogP contribution in [0.15, 0.2) is 46.2 Å². The number of rotatable bonds is 5. The fourth-order valence-corrected chi connectivity index (χ4v) is 3.75. The maximum absolute atomic E-state index is 12.6. The minimum absolute atomic E-state index is 0.0251. The van der Waals surface area contributed by atoms with Gasteiger partial charge in [-0.3, -0.25) is 4.79 Å². The third-order valence-electron chi connectivity index (χ3n) is 3.51. The van der Waals surface area contributed by atoms with Crippen LogP contribution in [-0.2, 0) is 5.75 Å². The van der Waals surface area contributed by atoms with Crippen molar-refractivity contribution in [2.24, 2.45) is 0 Å². The van der Waals surface area contributed by atoms with Gasteiger partial charge >= 0.3 is 0 Å². The molecule has 2 aromatic heterocycles. The number of nitrogens with one attached hydrogen (secondary N) is 1. The fraction of sp³-hybridized carbons (Fsp3) is 0.235. The SMILES string of the molecule is CSCc1c(C(=O)NC(C)c2cccs2)oc2ccccc12. The number of fused-ring (bicyclic) bond motifs is 1. The number of amides is 1. The molecular formula is C17H17NO2S2. The summed E-state index contributed by atoms with van der Waals surface area (Å²) in [5.41, 5.74) is 1.74. The molecule has 1 N–H and O–H groups in total. The van der Waals surface area contributed by atoms with Gasteiger partial charge in [0, 0.05) is 21.6 Å². The van der Waals surface area contributed by atoms with Gasteiger partial charge in [-0.25, -0.2) is 0 Å². The van der Waals surface area contributed by atoms with Crippen LogP contribution in [0.25, 0.3) is 11.0 Å². The van der Waals surface area contributed by atoms with Crippen molar-refractivity contribution < 1.29 is 9.21 Å². The van der Waals surface area contributed by atoms with E-state index in [-0.39, 0.29) is 11.9 Å². The molecule has 1 amide bonds. The van der Waals surface area contributed by atoms with E-state index >= 15 is 0 Å². The molecule has 0 aliphatic carbocycles. The van der Waals surface area contributed by atoms with Gasteiger partial charge in [-0.2, -0.15) is 11.8 Å². The highest BCUT2D eigenvalue weighted by Crippen LogP contribution is 2.29. The number of para-hydroxylation sites is 1. The maximum atomic E-state index is 12.6. The molecule has 0 aliphatic heterocycles. The lowest BCUT2D eigenvalue weighted by Crippen LogP contribution is -2.26. The second-order valence-corrected chi connectivity index (χ2v) is 6.89. The van der Waals surface area contributed by atoms with Crippen molar-refractivity contribution >= 4 is 40.0 Å². The van der Waals surface area contributed by atoms with Crippen molar-refractivity contribution in [3.63, 3.8) is 0 Å². The Morgan fingerprint density at radius 2 is 2.14 bits per heavy atom. The van der Waals surface area contributed by atoms with Gasteiger partial charge in [-0.05, 0) is 30.7 Å². The number of thioether (sulfide) groups is 1. The molecule has 22 heavy (non-hydrogen) atoms. The van der Waals surface area contributed by atoms with E-state index in [4.69, 9.17) is 4.42 Å². The first-order chi connectivity index (χ1) is 10.7. The van der Waals surface area contributed by atoms with Crippen LogP contribution in [0.4, 0.5) is 0 Å². The average molecular weight is 331 g/mol. The van der Waals surface area contributed by atoms with Crippen molar-refractivity contribution in [3.05, 3.63) is 58.0 Å². The first kappa shape index (κ1) is 15.2. The molecule has 0 radical (unpaired) electrons. The van der Waals surface area contributed by atoms with E-state index in [0.717, 1.165) is 27.2 Å². The topological polar surface area (TPSA) is 42.2 Å². The normalized spacial score (nSPS) is 12.5. The lowest BCUT2D eigenvalue weighted by molar-refractivity contribution is 0.0913. The summed E-state index contributed by atoms with van der Waals surface area (Å²) in [4.78, 5) is 13.7. The summed E-state index contributed by atoms with van der Waals surface area (Å²) in [6, 6.07) is 11.8. The van der Waals surface area contributed by atoms with Gasteiger partial charge in [0.1, 0.15) is 5.58 Å². The molecule has 1 atom stereocenters. The summed E-state index contributed by atoms with van der Waals surface area (Å²) in [5.74, 6) is 1.03. The van der Waals surface area contributed by atoms with E-state index in [1.165, 1.54) is 0 Å². The number of carbonyl (C=O) groups is 1. The Hall–Kier alpha value is -1.72. The van der Waals surface area contributed by atoms with E-state index in [1.54, 1.807) is 23.1 Å². The van der Waals surface area contributed by atoms with Crippen molar-refractivity contribution in [2.75, 3.05) is 6.26 Å². The van der Waals surface area contributed by atoms with Crippen molar-refractivity contribution in [3.8, 4) is 0 Å².